The maximum absolute atomic E-state index is 12.9. The average molecular weight is 422 g/mol. The zero-order valence-corrected chi connectivity index (χ0v) is 16.8. The summed E-state index contributed by atoms with van der Waals surface area (Å²) in [5.41, 5.74) is -0.0726. The quantitative estimate of drug-likeness (QED) is 0.485. The number of carbonyl (C=O) groups excluding carboxylic acids is 1. The fourth-order valence-corrected chi connectivity index (χ4v) is 2.66. The number of hydrogen-bond acceptors (Lipinski definition) is 9. The Hall–Kier alpha value is -3.66. The van der Waals surface area contributed by atoms with Gasteiger partial charge in [-0.2, -0.15) is 0 Å². The fraction of sp³-hybridized carbons (Fsp3) is 0.300. The minimum atomic E-state index is -1.40. The lowest BCUT2D eigenvalue weighted by Gasteiger charge is -2.21. The summed E-state index contributed by atoms with van der Waals surface area (Å²) >= 11 is 0. The number of carboxylic acids is 1. The van der Waals surface area contributed by atoms with Crippen molar-refractivity contribution in [2.24, 2.45) is 0 Å². The molecule has 2 aromatic rings. The van der Waals surface area contributed by atoms with Crippen molar-refractivity contribution in [3.63, 3.8) is 0 Å². The molecule has 3 N–H and O–H groups in total. The molecular formula is C20H22O10. The molecule has 0 aromatic heterocycles. The number of Topliss-reactive ketones (excluding diaryl/α,β-unsaturated/α-hetero) is 1. The van der Waals surface area contributed by atoms with Crippen LogP contribution in [0.4, 0.5) is 0 Å². The van der Waals surface area contributed by atoms with Crippen LogP contribution in [0.5, 0.6) is 34.5 Å². The predicted molar refractivity (Wildman–Crippen MR) is 104 cm³/mol. The number of aliphatic hydroxyl groups excluding tert-OH is 1. The van der Waals surface area contributed by atoms with Crippen molar-refractivity contribution in [3.8, 4) is 34.5 Å². The van der Waals surface area contributed by atoms with E-state index in [2.05, 4.69) is 0 Å². The van der Waals surface area contributed by atoms with Crippen molar-refractivity contribution in [2.75, 3.05) is 35.0 Å². The molecule has 10 nitrogen and oxygen atoms in total. The van der Waals surface area contributed by atoms with E-state index in [0.717, 1.165) is 0 Å². The van der Waals surface area contributed by atoms with Crippen molar-refractivity contribution in [2.45, 2.75) is 6.10 Å². The third-order valence-corrected chi connectivity index (χ3v) is 4.19. The van der Waals surface area contributed by atoms with Gasteiger partial charge in [0.25, 0.3) is 0 Å². The largest absolute Gasteiger partial charge is 0.502 e. The number of aromatic hydroxyl groups is 1. The summed E-state index contributed by atoms with van der Waals surface area (Å²) in [6, 6.07) is 4.94. The molecular weight excluding hydrogens is 400 g/mol. The second-order valence-corrected chi connectivity index (χ2v) is 5.90. The number of carbonyl (C=O) groups is 2. The van der Waals surface area contributed by atoms with Crippen LogP contribution < -0.4 is 23.7 Å². The molecule has 0 radical (unpaired) electrons. The molecule has 30 heavy (non-hydrogen) atoms. The van der Waals surface area contributed by atoms with Crippen LogP contribution in [0.3, 0.4) is 0 Å². The van der Waals surface area contributed by atoms with Crippen molar-refractivity contribution in [1.82, 2.24) is 0 Å². The highest BCUT2D eigenvalue weighted by molar-refractivity contribution is 6.01. The average Bonchev–Trinajstić information content (AvgIpc) is 2.76. The van der Waals surface area contributed by atoms with Gasteiger partial charge in [0.15, 0.2) is 29.1 Å². The van der Waals surface area contributed by atoms with E-state index >= 15 is 0 Å². The van der Waals surface area contributed by atoms with E-state index in [1.165, 1.54) is 52.7 Å². The first-order chi connectivity index (χ1) is 14.3. The molecule has 0 aliphatic carbocycles. The van der Waals surface area contributed by atoms with E-state index in [0.29, 0.717) is 0 Å². The van der Waals surface area contributed by atoms with E-state index < -0.39 is 24.5 Å². The molecule has 2 rings (SSSR count). The molecule has 0 saturated carbocycles. The summed E-state index contributed by atoms with van der Waals surface area (Å²) in [5, 5.41) is 29.0. The van der Waals surface area contributed by atoms with Gasteiger partial charge in [-0.1, -0.05) is 0 Å². The highest BCUT2D eigenvalue weighted by Gasteiger charge is 2.28. The molecule has 0 aliphatic rings. The van der Waals surface area contributed by atoms with Gasteiger partial charge in [0.2, 0.25) is 17.3 Å². The Morgan fingerprint density at radius 3 is 1.63 bits per heavy atom. The topological polar surface area (TPSA) is 141 Å². The van der Waals surface area contributed by atoms with E-state index in [1.807, 2.05) is 0 Å². The zero-order valence-electron chi connectivity index (χ0n) is 16.8. The van der Waals surface area contributed by atoms with Gasteiger partial charge in [-0.05, 0) is 24.3 Å². The minimum Gasteiger partial charge on any atom is -0.502 e. The Bertz CT molecular complexity index is 887. The standard InChI is InChI=1S/C20H22O10/c1-26-12-5-10(6-13(27-2)18(12)23)17(22)16(9-21)30-19-14(28-3)7-11(20(24)25)8-15(19)29-4/h5-8,16,21,23H,9H2,1-4H3,(H,24,25)/t16-/m0/s1. The second kappa shape index (κ2) is 9.70. The van der Waals surface area contributed by atoms with Gasteiger partial charge in [0.1, 0.15) is 0 Å². The van der Waals surface area contributed by atoms with Gasteiger partial charge >= 0.3 is 5.97 Å². The normalized spacial score (nSPS) is 11.4. The third-order valence-electron chi connectivity index (χ3n) is 4.19. The number of phenolic OH excluding ortho intramolecular Hbond substituents is 1. The summed E-state index contributed by atoms with van der Waals surface area (Å²) in [5.74, 6) is -2.22. The number of carboxylic acid groups (broad SMARTS) is 1. The van der Waals surface area contributed by atoms with E-state index in [-0.39, 0.29) is 45.6 Å². The van der Waals surface area contributed by atoms with Crippen LogP contribution in [0.25, 0.3) is 0 Å². The van der Waals surface area contributed by atoms with Crippen molar-refractivity contribution < 1.29 is 48.6 Å². The van der Waals surface area contributed by atoms with Gasteiger partial charge in [0, 0.05) is 5.56 Å². The molecule has 0 unspecified atom stereocenters. The summed E-state index contributed by atoms with van der Waals surface area (Å²) in [7, 11) is 5.20. The Morgan fingerprint density at radius 2 is 1.27 bits per heavy atom. The number of methoxy groups -OCH3 is 4. The van der Waals surface area contributed by atoms with Crippen molar-refractivity contribution in [1.29, 1.82) is 0 Å². The number of aliphatic hydroxyl groups is 1. The van der Waals surface area contributed by atoms with Gasteiger partial charge in [-0.15, -0.1) is 0 Å². The molecule has 0 heterocycles. The second-order valence-electron chi connectivity index (χ2n) is 5.90. The van der Waals surface area contributed by atoms with Crippen molar-refractivity contribution in [3.05, 3.63) is 35.4 Å². The van der Waals surface area contributed by atoms with Gasteiger partial charge in [-0.25, -0.2) is 4.79 Å². The number of aromatic carboxylic acids is 1. The molecule has 0 aliphatic heterocycles. The Labute approximate surface area is 172 Å². The first kappa shape index (κ1) is 22.6. The summed E-state index contributed by atoms with van der Waals surface area (Å²) in [6.45, 7) is -0.711. The smallest absolute Gasteiger partial charge is 0.335 e. The number of ether oxygens (including phenoxy) is 5. The third kappa shape index (κ3) is 4.49. The lowest BCUT2D eigenvalue weighted by molar-refractivity contribution is 0.0638. The van der Waals surface area contributed by atoms with E-state index in [1.54, 1.807) is 0 Å². The van der Waals surface area contributed by atoms with Crippen LogP contribution in [0.15, 0.2) is 24.3 Å². The molecule has 0 fully saturated rings. The zero-order chi connectivity index (χ0) is 22.4. The van der Waals surface area contributed by atoms with Gasteiger partial charge in [0.05, 0.1) is 40.6 Å². The van der Waals surface area contributed by atoms with E-state index in [4.69, 9.17) is 23.7 Å². The molecule has 0 amide bonds. The Morgan fingerprint density at radius 1 is 0.833 bits per heavy atom. The number of hydrogen-bond donors (Lipinski definition) is 3. The first-order valence-electron chi connectivity index (χ1n) is 8.57. The lowest BCUT2D eigenvalue weighted by Crippen LogP contribution is -2.31. The lowest BCUT2D eigenvalue weighted by atomic mass is 10.0. The maximum atomic E-state index is 12.9. The number of ketones is 1. The Kier molecular flexibility index (Phi) is 7.32. The van der Waals surface area contributed by atoms with Crippen LogP contribution in [0.1, 0.15) is 20.7 Å². The molecule has 10 heteroatoms. The summed E-state index contributed by atoms with van der Waals surface area (Å²) in [4.78, 5) is 24.2. The molecule has 0 spiro atoms. The summed E-state index contributed by atoms with van der Waals surface area (Å²) in [6.07, 6.45) is -1.40. The van der Waals surface area contributed by atoms with Crippen molar-refractivity contribution >= 4 is 11.8 Å². The summed E-state index contributed by atoms with van der Waals surface area (Å²) < 4.78 is 26.1. The number of phenols is 1. The monoisotopic (exact) mass is 422 g/mol. The first-order valence-corrected chi connectivity index (χ1v) is 8.57. The van der Waals surface area contributed by atoms with Gasteiger partial charge in [-0.3, -0.25) is 4.79 Å². The SMILES string of the molecule is COc1cc(C(=O)[C@H](CO)Oc2c(OC)cc(C(=O)O)cc2OC)cc(OC)c1O. The Balaban J connectivity index is 2.47. The van der Waals surface area contributed by atoms with Crippen LogP contribution >= 0.6 is 0 Å². The van der Waals surface area contributed by atoms with E-state index in [9.17, 15) is 24.9 Å². The molecule has 162 valence electrons. The number of benzene rings is 2. The molecule has 2 aromatic carbocycles. The van der Waals surface area contributed by atoms with Crippen LogP contribution in [-0.2, 0) is 0 Å². The maximum Gasteiger partial charge on any atom is 0.335 e. The number of rotatable bonds is 10. The van der Waals surface area contributed by atoms with Gasteiger partial charge < -0.3 is 39.0 Å². The predicted octanol–water partition coefficient (Wildman–Crippen LogP) is 1.75. The molecule has 1 atom stereocenters. The van der Waals surface area contributed by atoms with Crippen LogP contribution in [-0.4, -0.2) is 68.2 Å². The van der Waals surface area contributed by atoms with Crippen LogP contribution in [0, 0.1) is 0 Å². The van der Waals surface area contributed by atoms with Crippen LogP contribution in [0.2, 0.25) is 0 Å². The fourth-order valence-electron chi connectivity index (χ4n) is 2.66. The molecule has 0 saturated heterocycles. The highest BCUT2D eigenvalue weighted by Crippen LogP contribution is 2.40. The highest BCUT2D eigenvalue weighted by atomic mass is 16.6. The minimum absolute atomic E-state index is 0.00105. The molecule has 0 bridgehead atoms.